The molecule has 2 aliphatic heterocycles. The Morgan fingerprint density at radius 3 is 2.61 bits per heavy atom. The second-order valence-electron chi connectivity index (χ2n) is 7.88. The summed E-state index contributed by atoms with van der Waals surface area (Å²) in [6.07, 6.45) is -0.979. The number of amides is 2. The summed E-state index contributed by atoms with van der Waals surface area (Å²) in [5.41, 5.74) is 6.60. The molecule has 4 atom stereocenters. The maximum Gasteiger partial charge on any atom is 0.326 e. The molecule has 13 nitrogen and oxygen atoms in total. The van der Waals surface area contributed by atoms with Gasteiger partial charge in [-0.05, 0) is 37.7 Å². The topological polar surface area (TPSA) is 198 Å². The van der Waals surface area contributed by atoms with E-state index in [-0.39, 0.29) is 36.3 Å². The number of nitrogens with two attached hydrogens (primary N) is 1. The first kappa shape index (κ1) is 23.9. The first-order chi connectivity index (χ1) is 15.7. The van der Waals surface area contributed by atoms with Crippen LogP contribution in [0.2, 0.25) is 0 Å². The summed E-state index contributed by atoms with van der Waals surface area (Å²) >= 11 is 0. The number of piperazine rings is 1. The van der Waals surface area contributed by atoms with E-state index in [4.69, 9.17) is 10.8 Å². The summed E-state index contributed by atoms with van der Waals surface area (Å²) in [5, 5.41) is 29.2. The minimum absolute atomic E-state index is 0.0138. The first-order valence-electron chi connectivity index (χ1n) is 10.3. The van der Waals surface area contributed by atoms with Crippen molar-refractivity contribution in [2.75, 3.05) is 25.5 Å². The van der Waals surface area contributed by atoms with Gasteiger partial charge < -0.3 is 26.6 Å². The summed E-state index contributed by atoms with van der Waals surface area (Å²) < 4.78 is 0. The molecule has 0 bridgehead atoms. The largest absolute Gasteiger partial charge is 0.481 e. The Labute approximate surface area is 189 Å². The summed E-state index contributed by atoms with van der Waals surface area (Å²) in [6.45, 7) is 1.10. The van der Waals surface area contributed by atoms with Crippen LogP contribution in [0.1, 0.15) is 23.2 Å². The molecule has 0 aromatic heterocycles. The lowest BCUT2D eigenvalue weighted by Crippen LogP contribution is -2.69. The van der Waals surface area contributed by atoms with E-state index in [1.165, 1.54) is 0 Å². The second kappa shape index (κ2) is 10.3. The molecule has 0 aliphatic carbocycles. The zero-order valence-electron chi connectivity index (χ0n) is 17.9. The van der Waals surface area contributed by atoms with Crippen LogP contribution in [-0.4, -0.2) is 89.3 Å². The Hall–Kier alpha value is -3.71. The van der Waals surface area contributed by atoms with Gasteiger partial charge in [0.15, 0.2) is 5.96 Å². The van der Waals surface area contributed by atoms with Crippen LogP contribution in [0.4, 0.5) is 5.69 Å². The molecule has 1 fully saturated rings. The number of fused-ring (bicyclic) bond motifs is 1. The fourth-order valence-electron chi connectivity index (χ4n) is 3.75. The number of hydrogen-bond donors (Lipinski definition) is 7. The lowest BCUT2D eigenvalue weighted by atomic mass is 10.0. The van der Waals surface area contributed by atoms with E-state index in [1.807, 2.05) is 11.9 Å². The highest BCUT2D eigenvalue weighted by molar-refractivity contribution is 6.01. The quantitative estimate of drug-likeness (QED) is 0.220. The van der Waals surface area contributed by atoms with E-state index < -0.39 is 36.1 Å². The van der Waals surface area contributed by atoms with Gasteiger partial charge in [0, 0.05) is 36.8 Å². The number of nitrogens with zero attached hydrogens (tertiary/aromatic N) is 2. The van der Waals surface area contributed by atoms with E-state index in [2.05, 4.69) is 26.3 Å². The highest BCUT2D eigenvalue weighted by Crippen LogP contribution is 2.18. The highest BCUT2D eigenvalue weighted by Gasteiger charge is 2.41. The molecule has 8 N–H and O–H groups in total. The van der Waals surface area contributed by atoms with Crippen molar-refractivity contribution in [3.05, 3.63) is 29.8 Å². The number of rotatable bonds is 9. The summed E-state index contributed by atoms with van der Waals surface area (Å²) in [5.74, 6) is -3.16. The Morgan fingerprint density at radius 1 is 1.27 bits per heavy atom. The molecule has 3 rings (SSSR count). The molecule has 178 valence electrons. The van der Waals surface area contributed by atoms with Crippen molar-refractivity contribution < 1.29 is 29.4 Å². The molecule has 2 amide bonds. The molecule has 13 heteroatoms. The number of guanidine groups is 1. The van der Waals surface area contributed by atoms with Gasteiger partial charge in [-0.25, -0.2) is 9.79 Å². The minimum atomic E-state index is -1.30. The van der Waals surface area contributed by atoms with E-state index in [1.54, 1.807) is 24.3 Å². The Morgan fingerprint density at radius 2 is 1.97 bits per heavy atom. The fraction of sp³-hybridized carbons (Fsp3) is 0.450. The van der Waals surface area contributed by atoms with Crippen LogP contribution in [0, 0.1) is 0 Å². The number of nitrogens with one attached hydrogen (secondary N) is 4. The molecule has 1 aromatic rings. The van der Waals surface area contributed by atoms with Crippen LogP contribution < -0.4 is 27.0 Å². The molecule has 0 saturated carbocycles. The van der Waals surface area contributed by atoms with Gasteiger partial charge in [-0.15, -0.1) is 0 Å². The number of hydrogen-bond acceptors (Lipinski definition) is 9. The van der Waals surface area contributed by atoms with E-state index in [0.717, 1.165) is 5.69 Å². The number of carbonyl (C=O) groups is 4. The number of carboxylic acid groups (broad SMARTS) is 2. The van der Waals surface area contributed by atoms with Crippen molar-refractivity contribution in [3.8, 4) is 0 Å². The number of benzene rings is 1. The van der Waals surface area contributed by atoms with E-state index in [9.17, 15) is 24.3 Å². The average Bonchev–Trinajstić information content (AvgIpc) is 2.75. The van der Waals surface area contributed by atoms with Crippen LogP contribution in [0.3, 0.4) is 0 Å². The number of aliphatic carboxylic acids is 2. The average molecular weight is 461 g/mol. The normalized spacial score (nSPS) is 23.5. The lowest BCUT2D eigenvalue weighted by Gasteiger charge is -2.44. The van der Waals surface area contributed by atoms with E-state index in [0.29, 0.717) is 13.1 Å². The molecule has 1 saturated heterocycles. The van der Waals surface area contributed by atoms with Gasteiger partial charge in [0.1, 0.15) is 18.2 Å². The summed E-state index contributed by atoms with van der Waals surface area (Å²) in [7, 11) is 1.85. The highest BCUT2D eigenvalue weighted by atomic mass is 16.4. The molecular weight excluding hydrogens is 434 g/mol. The van der Waals surface area contributed by atoms with E-state index >= 15 is 0 Å². The third kappa shape index (κ3) is 5.96. The third-order valence-corrected chi connectivity index (χ3v) is 5.61. The molecule has 33 heavy (non-hydrogen) atoms. The van der Waals surface area contributed by atoms with Crippen molar-refractivity contribution in [1.82, 2.24) is 20.9 Å². The fourth-order valence-corrected chi connectivity index (χ4v) is 3.75. The number of aliphatic imine (C=N–C) groups is 1. The number of carbonyl (C=O) groups excluding carboxylic acids is 2. The first-order valence-corrected chi connectivity index (χ1v) is 10.3. The van der Waals surface area contributed by atoms with Crippen molar-refractivity contribution in [2.45, 2.75) is 37.1 Å². The number of likely N-dealkylation sites (N-methyl/N-ethyl adjacent to an activating group) is 1. The van der Waals surface area contributed by atoms with Crippen molar-refractivity contribution in [2.24, 2.45) is 10.7 Å². The Balaban J connectivity index is 1.54. The van der Waals surface area contributed by atoms with Gasteiger partial charge in [0.05, 0.1) is 0 Å². The molecule has 0 radical (unpaired) electrons. The predicted molar refractivity (Wildman–Crippen MR) is 118 cm³/mol. The van der Waals surface area contributed by atoms with Gasteiger partial charge in [-0.1, -0.05) is 0 Å². The monoisotopic (exact) mass is 461 g/mol. The van der Waals surface area contributed by atoms with Crippen LogP contribution in [0.15, 0.2) is 29.3 Å². The SMILES string of the molecule is CN1[C@@H](CNc2ccc(C(=O)N[C@@H](CCC(=O)O)C(=O)O)cc2)CN[C@@H]2N=C(N)NC(=O)[C@@H]21. The smallest absolute Gasteiger partial charge is 0.326 e. The minimum Gasteiger partial charge on any atom is -0.481 e. The van der Waals surface area contributed by atoms with Gasteiger partial charge in [0.2, 0.25) is 5.91 Å². The molecule has 0 spiro atoms. The predicted octanol–water partition coefficient (Wildman–Crippen LogP) is -1.81. The molecule has 2 heterocycles. The van der Waals surface area contributed by atoms with Crippen molar-refractivity contribution >= 4 is 35.4 Å². The number of carboxylic acids is 2. The maximum atomic E-state index is 12.3. The van der Waals surface area contributed by atoms with Crippen LogP contribution in [0.5, 0.6) is 0 Å². The molecule has 2 aliphatic rings. The maximum absolute atomic E-state index is 12.3. The molecule has 0 unspecified atom stereocenters. The second-order valence-corrected chi connectivity index (χ2v) is 7.88. The summed E-state index contributed by atoms with van der Waals surface area (Å²) in [6, 6.07) is 4.66. The standard InChI is InChI=1S/C20H27N7O6/c1-27-12(9-23-16-15(27)18(31)26-20(21)25-16)8-22-11-4-2-10(3-5-11)17(30)24-13(19(32)33)6-7-14(28)29/h2-5,12-13,15-16,22-23H,6-9H2,1H3,(H,24,30)(H,28,29)(H,32,33)(H3,21,25,26,31)/t12-,13-,15+,16+/m0/s1. The van der Waals surface area contributed by atoms with Gasteiger partial charge in [0.25, 0.3) is 5.91 Å². The zero-order chi connectivity index (χ0) is 24.1. The van der Waals surface area contributed by atoms with Gasteiger partial charge in [-0.2, -0.15) is 0 Å². The number of anilines is 1. The molecule has 1 aromatic carbocycles. The van der Waals surface area contributed by atoms with Gasteiger partial charge in [-0.3, -0.25) is 29.9 Å². The Kier molecular flexibility index (Phi) is 7.45. The Bertz CT molecular complexity index is 951. The third-order valence-electron chi connectivity index (χ3n) is 5.61. The van der Waals surface area contributed by atoms with Crippen LogP contribution in [0.25, 0.3) is 0 Å². The summed E-state index contributed by atoms with van der Waals surface area (Å²) in [4.78, 5) is 52.7. The van der Waals surface area contributed by atoms with Crippen molar-refractivity contribution in [3.63, 3.8) is 0 Å². The van der Waals surface area contributed by atoms with Crippen molar-refractivity contribution in [1.29, 1.82) is 0 Å². The van der Waals surface area contributed by atoms with Crippen LogP contribution >= 0.6 is 0 Å². The van der Waals surface area contributed by atoms with Gasteiger partial charge >= 0.3 is 11.9 Å². The lowest BCUT2D eigenvalue weighted by molar-refractivity contribution is -0.140. The zero-order valence-corrected chi connectivity index (χ0v) is 17.9. The molecular formula is C20H27N7O6. The van der Waals surface area contributed by atoms with Crippen LogP contribution in [-0.2, 0) is 14.4 Å².